The van der Waals surface area contributed by atoms with Gasteiger partial charge in [-0.15, -0.1) is 0 Å². The summed E-state index contributed by atoms with van der Waals surface area (Å²) in [4.78, 5) is 21.8. The lowest BCUT2D eigenvalue weighted by Gasteiger charge is -2.35. The Labute approximate surface area is 172 Å². The molecule has 29 heavy (non-hydrogen) atoms. The van der Waals surface area contributed by atoms with E-state index in [1.54, 1.807) is 6.20 Å². The van der Waals surface area contributed by atoms with Crippen LogP contribution in [0.15, 0.2) is 72.9 Å². The van der Waals surface area contributed by atoms with E-state index >= 15 is 0 Å². The summed E-state index contributed by atoms with van der Waals surface area (Å²) in [7, 11) is 0. The highest BCUT2D eigenvalue weighted by Crippen LogP contribution is 2.18. The number of pyridine rings is 1. The van der Waals surface area contributed by atoms with Gasteiger partial charge in [-0.25, -0.2) is 4.98 Å². The quantitative estimate of drug-likeness (QED) is 0.721. The molecule has 5 heteroatoms. The Bertz CT molecular complexity index is 948. The van der Waals surface area contributed by atoms with E-state index in [-0.39, 0.29) is 5.91 Å². The summed E-state index contributed by atoms with van der Waals surface area (Å²) >= 11 is 0. The molecule has 1 N–H and O–H groups in total. The summed E-state index contributed by atoms with van der Waals surface area (Å²) in [5, 5.41) is 2.94. The Hall–Kier alpha value is -3.18. The fourth-order valence-electron chi connectivity index (χ4n) is 3.65. The van der Waals surface area contributed by atoms with Gasteiger partial charge < -0.3 is 10.2 Å². The molecule has 0 atom stereocenters. The number of carbonyl (C=O) groups is 1. The Morgan fingerprint density at radius 1 is 0.931 bits per heavy atom. The summed E-state index contributed by atoms with van der Waals surface area (Å²) in [6.45, 7) is 6.87. The molecule has 1 aliphatic heterocycles. The van der Waals surface area contributed by atoms with E-state index in [0.29, 0.717) is 11.3 Å². The van der Waals surface area contributed by atoms with Gasteiger partial charge in [0.25, 0.3) is 5.91 Å². The first-order valence-corrected chi connectivity index (χ1v) is 10.0. The van der Waals surface area contributed by atoms with Crippen LogP contribution in [0.1, 0.15) is 21.5 Å². The first kappa shape index (κ1) is 19.2. The maximum absolute atomic E-state index is 12.5. The fraction of sp³-hybridized carbons (Fsp3) is 0.250. The zero-order valence-electron chi connectivity index (χ0n) is 16.7. The highest BCUT2D eigenvalue weighted by molar-refractivity contribution is 6.05. The second kappa shape index (κ2) is 8.88. The van der Waals surface area contributed by atoms with Crippen LogP contribution >= 0.6 is 0 Å². The number of rotatable bonds is 5. The second-order valence-corrected chi connectivity index (χ2v) is 7.42. The van der Waals surface area contributed by atoms with Gasteiger partial charge in [0.2, 0.25) is 0 Å². The molecule has 0 aliphatic carbocycles. The number of aryl methyl sites for hydroxylation is 1. The van der Waals surface area contributed by atoms with E-state index in [4.69, 9.17) is 0 Å². The molecule has 1 fully saturated rings. The largest absolute Gasteiger partial charge is 0.354 e. The van der Waals surface area contributed by atoms with Crippen LogP contribution in [0.25, 0.3) is 0 Å². The number of benzene rings is 2. The number of hydrogen-bond donors (Lipinski definition) is 1. The molecule has 148 valence electrons. The average molecular weight is 386 g/mol. The van der Waals surface area contributed by atoms with E-state index in [2.05, 4.69) is 50.4 Å². The zero-order chi connectivity index (χ0) is 20.1. The minimum absolute atomic E-state index is 0.104. The van der Waals surface area contributed by atoms with E-state index in [0.717, 1.165) is 44.1 Å². The Morgan fingerprint density at radius 2 is 1.66 bits per heavy atom. The van der Waals surface area contributed by atoms with Crippen LogP contribution in [0.3, 0.4) is 0 Å². The molecule has 0 bridgehead atoms. The SMILES string of the molecule is Cc1ccccc1C(=O)Nc1ccc(N2CCN(Cc3ccccc3)CC2)nc1. The summed E-state index contributed by atoms with van der Waals surface area (Å²) in [5.41, 5.74) is 3.71. The van der Waals surface area contributed by atoms with Crippen LogP contribution < -0.4 is 10.2 Å². The third kappa shape index (κ3) is 4.81. The van der Waals surface area contributed by atoms with Gasteiger partial charge in [-0.05, 0) is 36.2 Å². The summed E-state index contributed by atoms with van der Waals surface area (Å²) in [5.74, 6) is 0.852. The number of nitrogens with one attached hydrogen (secondary N) is 1. The zero-order valence-corrected chi connectivity index (χ0v) is 16.7. The number of aromatic nitrogens is 1. The lowest BCUT2D eigenvalue weighted by atomic mass is 10.1. The predicted molar refractivity (Wildman–Crippen MR) is 117 cm³/mol. The molecular weight excluding hydrogens is 360 g/mol. The predicted octanol–water partition coefficient (Wildman–Crippen LogP) is 3.96. The highest BCUT2D eigenvalue weighted by atomic mass is 16.1. The number of amides is 1. The van der Waals surface area contributed by atoms with Crippen LogP contribution in [-0.2, 0) is 6.54 Å². The number of anilines is 2. The molecule has 0 saturated carbocycles. The van der Waals surface area contributed by atoms with Crippen molar-refractivity contribution < 1.29 is 4.79 Å². The third-order valence-corrected chi connectivity index (χ3v) is 5.34. The van der Waals surface area contributed by atoms with Crippen molar-refractivity contribution in [1.29, 1.82) is 0 Å². The Balaban J connectivity index is 1.32. The maximum Gasteiger partial charge on any atom is 0.255 e. The van der Waals surface area contributed by atoms with Crippen LogP contribution in [-0.4, -0.2) is 42.0 Å². The summed E-state index contributed by atoms with van der Waals surface area (Å²) in [6, 6.07) is 22.1. The number of nitrogens with zero attached hydrogens (tertiary/aromatic N) is 3. The molecular formula is C24H26N4O. The Morgan fingerprint density at radius 3 is 2.34 bits per heavy atom. The molecule has 1 aliphatic rings. The summed E-state index contributed by atoms with van der Waals surface area (Å²) in [6.07, 6.45) is 1.74. The second-order valence-electron chi connectivity index (χ2n) is 7.42. The van der Waals surface area contributed by atoms with Crippen molar-refractivity contribution in [3.63, 3.8) is 0 Å². The van der Waals surface area contributed by atoms with Gasteiger partial charge in [0, 0.05) is 38.3 Å². The molecule has 2 heterocycles. The van der Waals surface area contributed by atoms with Crippen molar-refractivity contribution in [2.24, 2.45) is 0 Å². The monoisotopic (exact) mass is 386 g/mol. The van der Waals surface area contributed by atoms with Gasteiger partial charge in [0.1, 0.15) is 5.82 Å². The van der Waals surface area contributed by atoms with Crippen molar-refractivity contribution >= 4 is 17.4 Å². The van der Waals surface area contributed by atoms with Crippen molar-refractivity contribution in [1.82, 2.24) is 9.88 Å². The molecule has 5 nitrogen and oxygen atoms in total. The highest BCUT2D eigenvalue weighted by Gasteiger charge is 2.18. The molecule has 1 aromatic heterocycles. The van der Waals surface area contributed by atoms with Crippen LogP contribution in [0, 0.1) is 6.92 Å². The molecule has 1 amide bonds. The van der Waals surface area contributed by atoms with Gasteiger partial charge in [0.15, 0.2) is 0 Å². The minimum Gasteiger partial charge on any atom is -0.354 e. The van der Waals surface area contributed by atoms with E-state index in [1.165, 1.54) is 5.56 Å². The standard InChI is InChI=1S/C24H26N4O/c1-19-7-5-6-10-22(19)24(29)26-21-11-12-23(25-17-21)28-15-13-27(14-16-28)18-20-8-3-2-4-9-20/h2-12,17H,13-16,18H2,1H3,(H,26,29). The number of hydrogen-bond acceptors (Lipinski definition) is 4. The molecule has 0 spiro atoms. The molecule has 0 unspecified atom stereocenters. The van der Waals surface area contributed by atoms with Crippen LogP contribution in [0.4, 0.5) is 11.5 Å². The molecule has 4 rings (SSSR count). The smallest absolute Gasteiger partial charge is 0.255 e. The minimum atomic E-state index is -0.104. The normalized spacial score (nSPS) is 14.6. The lowest BCUT2D eigenvalue weighted by Crippen LogP contribution is -2.46. The first-order valence-electron chi connectivity index (χ1n) is 10.0. The van der Waals surface area contributed by atoms with Gasteiger partial charge >= 0.3 is 0 Å². The van der Waals surface area contributed by atoms with Crippen molar-refractivity contribution in [3.05, 3.63) is 89.6 Å². The van der Waals surface area contributed by atoms with E-state index in [9.17, 15) is 4.79 Å². The topological polar surface area (TPSA) is 48.5 Å². The third-order valence-electron chi connectivity index (χ3n) is 5.34. The van der Waals surface area contributed by atoms with Gasteiger partial charge in [-0.2, -0.15) is 0 Å². The number of piperazine rings is 1. The maximum atomic E-state index is 12.5. The molecule has 3 aromatic rings. The first-order chi connectivity index (χ1) is 14.2. The van der Waals surface area contributed by atoms with Crippen molar-refractivity contribution in [2.75, 3.05) is 36.4 Å². The van der Waals surface area contributed by atoms with Gasteiger partial charge in [0.05, 0.1) is 11.9 Å². The van der Waals surface area contributed by atoms with E-state index in [1.807, 2.05) is 43.3 Å². The van der Waals surface area contributed by atoms with Crippen LogP contribution in [0.5, 0.6) is 0 Å². The Kier molecular flexibility index (Phi) is 5.86. The van der Waals surface area contributed by atoms with Crippen LogP contribution in [0.2, 0.25) is 0 Å². The van der Waals surface area contributed by atoms with E-state index < -0.39 is 0 Å². The molecule has 0 radical (unpaired) electrons. The van der Waals surface area contributed by atoms with Crippen molar-refractivity contribution in [3.8, 4) is 0 Å². The lowest BCUT2D eigenvalue weighted by molar-refractivity contribution is 0.102. The molecule has 2 aromatic carbocycles. The van der Waals surface area contributed by atoms with Crippen molar-refractivity contribution in [2.45, 2.75) is 13.5 Å². The number of carbonyl (C=O) groups excluding carboxylic acids is 1. The fourth-order valence-corrected chi connectivity index (χ4v) is 3.65. The summed E-state index contributed by atoms with van der Waals surface area (Å²) < 4.78 is 0. The van der Waals surface area contributed by atoms with Gasteiger partial charge in [-0.1, -0.05) is 48.5 Å². The van der Waals surface area contributed by atoms with Gasteiger partial charge in [-0.3, -0.25) is 9.69 Å². The average Bonchev–Trinajstić information content (AvgIpc) is 2.76. The molecule has 1 saturated heterocycles.